The third kappa shape index (κ3) is 4.92. The molecular formula is C18H21NO4. The lowest BCUT2D eigenvalue weighted by Gasteiger charge is -2.10. The second-order valence-corrected chi connectivity index (χ2v) is 5.09. The smallest absolute Gasteiger partial charge is 0.337 e. The first-order valence-corrected chi connectivity index (χ1v) is 7.40. The molecule has 0 atom stereocenters. The van der Waals surface area contributed by atoms with Gasteiger partial charge in [-0.3, -0.25) is 0 Å². The zero-order valence-corrected chi connectivity index (χ0v) is 13.4. The molecule has 23 heavy (non-hydrogen) atoms. The van der Waals surface area contributed by atoms with Crippen LogP contribution in [0.15, 0.2) is 42.5 Å². The summed E-state index contributed by atoms with van der Waals surface area (Å²) in [6.07, 6.45) is 0.743. The predicted molar refractivity (Wildman–Crippen MR) is 89.0 cm³/mol. The molecular weight excluding hydrogens is 294 g/mol. The van der Waals surface area contributed by atoms with E-state index < -0.39 is 0 Å². The molecule has 2 rings (SSSR count). The number of rotatable bonds is 7. The van der Waals surface area contributed by atoms with Crippen molar-refractivity contribution in [2.75, 3.05) is 26.1 Å². The number of hydrogen-bond acceptors (Lipinski definition) is 5. The van der Waals surface area contributed by atoms with Gasteiger partial charge in [-0.2, -0.15) is 0 Å². The Hall–Kier alpha value is -2.69. The number of aryl methyl sites for hydroxylation is 1. The van der Waals surface area contributed by atoms with E-state index in [1.807, 2.05) is 25.1 Å². The molecule has 0 heterocycles. The highest BCUT2D eigenvalue weighted by Crippen LogP contribution is 2.21. The first-order valence-electron chi connectivity index (χ1n) is 7.40. The zero-order chi connectivity index (χ0) is 16.7. The summed E-state index contributed by atoms with van der Waals surface area (Å²) in [6.45, 7) is 3.05. The maximum Gasteiger partial charge on any atom is 0.337 e. The van der Waals surface area contributed by atoms with Crippen molar-refractivity contribution in [3.63, 3.8) is 0 Å². The molecule has 0 saturated carbocycles. The van der Waals surface area contributed by atoms with Gasteiger partial charge in [0.05, 0.1) is 25.9 Å². The molecule has 5 nitrogen and oxygen atoms in total. The SMILES string of the molecule is COC(=O)c1ccc(OCCCOc2cc(N)ccc2C)cc1. The molecule has 0 saturated heterocycles. The average molecular weight is 315 g/mol. The van der Waals surface area contributed by atoms with Crippen molar-refractivity contribution in [1.82, 2.24) is 0 Å². The Labute approximate surface area is 136 Å². The van der Waals surface area contributed by atoms with E-state index >= 15 is 0 Å². The minimum Gasteiger partial charge on any atom is -0.493 e. The van der Waals surface area contributed by atoms with Crippen LogP contribution >= 0.6 is 0 Å². The van der Waals surface area contributed by atoms with E-state index in [0.717, 1.165) is 17.7 Å². The molecule has 0 unspecified atom stereocenters. The van der Waals surface area contributed by atoms with Gasteiger partial charge in [0.1, 0.15) is 11.5 Å². The minimum absolute atomic E-state index is 0.359. The third-order valence-corrected chi connectivity index (χ3v) is 3.30. The number of esters is 1. The quantitative estimate of drug-likeness (QED) is 0.482. The zero-order valence-electron chi connectivity index (χ0n) is 13.4. The highest BCUT2D eigenvalue weighted by Gasteiger charge is 2.04. The fourth-order valence-corrected chi connectivity index (χ4v) is 2.01. The van der Waals surface area contributed by atoms with Crippen molar-refractivity contribution < 1.29 is 19.0 Å². The molecule has 0 radical (unpaired) electrons. The molecule has 0 aliphatic heterocycles. The summed E-state index contributed by atoms with van der Waals surface area (Å²) in [5, 5.41) is 0. The molecule has 122 valence electrons. The molecule has 0 aliphatic carbocycles. The van der Waals surface area contributed by atoms with Crippen molar-refractivity contribution >= 4 is 11.7 Å². The number of nitrogens with two attached hydrogens (primary N) is 1. The van der Waals surface area contributed by atoms with Crippen LogP contribution in [0, 0.1) is 6.92 Å². The predicted octanol–water partition coefficient (Wildman–Crippen LogP) is 3.21. The number of carbonyl (C=O) groups is 1. The first-order chi connectivity index (χ1) is 11.1. The van der Waals surface area contributed by atoms with Gasteiger partial charge in [0.2, 0.25) is 0 Å². The van der Waals surface area contributed by atoms with Gasteiger partial charge >= 0.3 is 5.97 Å². The van der Waals surface area contributed by atoms with Gasteiger partial charge in [-0.1, -0.05) is 6.07 Å². The van der Waals surface area contributed by atoms with Crippen molar-refractivity contribution in [1.29, 1.82) is 0 Å². The molecule has 0 amide bonds. The van der Waals surface area contributed by atoms with Crippen LogP contribution in [-0.4, -0.2) is 26.3 Å². The molecule has 0 aromatic heterocycles. The second kappa shape index (κ2) is 8.08. The van der Waals surface area contributed by atoms with Crippen molar-refractivity contribution in [3.8, 4) is 11.5 Å². The largest absolute Gasteiger partial charge is 0.493 e. The molecule has 5 heteroatoms. The van der Waals surface area contributed by atoms with E-state index in [9.17, 15) is 4.79 Å². The Balaban J connectivity index is 1.73. The fourth-order valence-electron chi connectivity index (χ4n) is 2.01. The van der Waals surface area contributed by atoms with Crippen LogP contribution in [0.3, 0.4) is 0 Å². The maximum absolute atomic E-state index is 11.3. The number of hydrogen-bond donors (Lipinski definition) is 1. The third-order valence-electron chi connectivity index (χ3n) is 3.30. The maximum atomic E-state index is 11.3. The summed E-state index contributed by atoms with van der Waals surface area (Å²) in [7, 11) is 1.36. The number of carbonyl (C=O) groups excluding carboxylic acids is 1. The van der Waals surface area contributed by atoms with Crippen molar-refractivity contribution in [3.05, 3.63) is 53.6 Å². The van der Waals surface area contributed by atoms with E-state index in [0.29, 0.717) is 30.2 Å². The molecule has 2 aromatic rings. The van der Waals surface area contributed by atoms with E-state index in [1.165, 1.54) is 7.11 Å². The number of anilines is 1. The Bertz CT molecular complexity index is 653. The highest BCUT2D eigenvalue weighted by atomic mass is 16.5. The van der Waals surface area contributed by atoms with Gasteiger partial charge in [0.25, 0.3) is 0 Å². The Kier molecular flexibility index (Phi) is 5.86. The van der Waals surface area contributed by atoms with E-state index in [-0.39, 0.29) is 5.97 Å². The van der Waals surface area contributed by atoms with E-state index in [1.54, 1.807) is 24.3 Å². The van der Waals surface area contributed by atoms with Gasteiger partial charge < -0.3 is 19.9 Å². The van der Waals surface area contributed by atoms with Gasteiger partial charge in [0.15, 0.2) is 0 Å². The van der Waals surface area contributed by atoms with Crippen molar-refractivity contribution in [2.24, 2.45) is 0 Å². The van der Waals surface area contributed by atoms with E-state index in [2.05, 4.69) is 4.74 Å². The number of ether oxygens (including phenoxy) is 3. The fraction of sp³-hybridized carbons (Fsp3) is 0.278. The van der Waals surface area contributed by atoms with Gasteiger partial charge in [-0.05, 0) is 42.8 Å². The average Bonchev–Trinajstić information content (AvgIpc) is 2.57. The summed E-state index contributed by atoms with van der Waals surface area (Å²) in [4.78, 5) is 11.3. The van der Waals surface area contributed by atoms with Gasteiger partial charge in [-0.15, -0.1) is 0 Å². The lowest BCUT2D eigenvalue weighted by molar-refractivity contribution is 0.0600. The van der Waals surface area contributed by atoms with Crippen LogP contribution in [0.25, 0.3) is 0 Å². The topological polar surface area (TPSA) is 70.8 Å². The van der Waals surface area contributed by atoms with Crippen LogP contribution in [0.1, 0.15) is 22.3 Å². The summed E-state index contributed by atoms with van der Waals surface area (Å²) in [6, 6.07) is 12.4. The molecule has 0 spiro atoms. The highest BCUT2D eigenvalue weighted by molar-refractivity contribution is 5.89. The summed E-state index contributed by atoms with van der Waals surface area (Å²) < 4.78 is 16.0. The molecule has 0 fully saturated rings. The summed E-state index contributed by atoms with van der Waals surface area (Å²) in [5.41, 5.74) is 7.98. The normalized spacial score (nSPS) is 10.2. The van der Waals surface area contributed by atoms with Crippen LogP contribution in [0.5, 0.6) is 11.5 Å². The first kappa shape index (κ1) is 16.7. The summed E-state index contributed by atoms with van der Waals surface area (Å²) >= 11 is 0. The van der Waals surface area contributed by atoms with Crippen LogP contribution < -0.4 is 15.2 Å². The number of nitrogen functional groups attached to an aromatic ring is 1. The van der Waals surface area contributed by atoms with Crippen LogP contribution in [-0.2, 0) is 4.74 Å². The number of benzene rings is 2. The Morgan fingerprint density at radius 1 is 1.04 bits per heavy atom. The monoisotopic (exact) mass is 315 g/mol. The second-order valence-electron chi connectivity index (χ2n) is 5.09. The lowest BCUT2D eigenvalue weighted by Crippen LogP contribution is -2.06. The van der Waals surface area contributed by atoms with Crippen molar-refractivity contribution in [2.45, 2.75) is 13.3 Å². The van der Waals surface area contributed by atoms with Crippen LogP contribution in [0.4, 0.5) is 5.69 Å². The molecule has 0 bridgehead atoms. The summed E-state index contributed by atoms with van der Waals surface area (Å²) in [5.74, 6) is 1.15. The molecule has 2 aromatic carbocycles. The Morgan fingerprint density at radius 2 is 1.74 bits per heavy atom. The van der Waals surface area contributed by atoms with E-state index in [4.69, 9.17) is 15.2 Å². The molecule has 2 N–H and O–H groups in total. The number of methoxy groups -OCH3 is 1. The Morgan fingerprint density at radius 3 is 2.43 bits per heavy atom. The molecule has 0 aliphatic rings. The standard InChI is InChI=1S/C18H21NO4/c1-13-4-7-15(19)12-17(13)23-11-3-10-22-16-8-5-14(6-9-16)18(20)21-2/h4-9,12H,3,10-11,19H2,1-2H3. The minimum atomic E-state index is -0.359. The lowest BCUT2D eigenvalue weighted by atomic mass is 10.2. The van der Waals surface area contributed by atoms with Gasteiger partial charge in [-0.25, -0.2) is 4.79 Å². The van der Waals surface area contributed by atoms with Crippen LogP contribution in [0.2, 0.25) is 0 Å². The van der Waals surface area contributed by atoms with Gasteiger partial charge in [0, 0.05) is 18.2 Å².